The number of thiazole rings is 1. The maximum absolute atomic E-state index is 13.2. The fraction of sp³-hybridized carbons (Fsp3) is 0.250. The van der Waals surface area contributed by atoms with Crippen molar-refractivity contribution >= 4 is 61.1 Å². The van der Waals surface area contributed by atoms with Gasteiger partial charge in [0.2, 0.25) is 0 Å². The van der Waals surface area contributed by atoms with Gasteiger partial charge in [-0.3, -0.25) is 14.6 Å². The Morgan fingerprint density at radius 3 is 2.42 bits per heavy atom. The van der Waals surface area contributed by atoms with Crippen molar-refractivity contribution in [3.05, 3.63) is 61.9 Å². The Bertz CT molecular complexity index is 1230. The van der Waals surface area contributed by atoms with Crippen LogP contribution in [0.5, 0.6) is 0 Å². The van der Waals surface area contributed by atoms with Crippen LogP contribution in [-0.4, -0.2) is 35.9 Å². The fourth-order valence-corrected chi connectivity index (χ4v) is 7.27. The van der Waals surface area contributed by atoms with Gasteiger partial charge in [-0.15, -0.1) is 15.7 Å². The van der Waals surface area contributed by atoms with E-state index in [4.69, 9.17) is 0 Å². The number of allylic oxidation sites excluding steroid dienone is 2. The Morgan fingerprint density at radius 2 is 1.81 bits per heavy atom. The number of hydrogen-bond acceptors (Lipinski definition) is 8. The third kappa shape index (κ3) is 4.07. The number of benzene rings is 1. The molecule has 1 aromatic carbocycles. The number of amides is 1. The lowest BCUT2D eigenvalue weighted by Gasteiger charge is -2.19. The van der Waals surface area contributed by atoms with Crippen LogP contribution >= 0.6 is 34.9 Å². The molecule has 2 aromatic rings. The van der Waals surface area contributed by atoms with Gasteiger partial charge in [-0.2, -0.15) is 8.42 Å². The first kappa shape index (κ1) is 22.1. The quantitative estimate of drug-likeness (QED) is 0.569. The first-order valence-corrected chi connectivity index (χ1v) is 13.4. The van der Waals surface area contributed by atoms with E-state index in [1.165, 1.54) is 40.1 Å². The predicted molar refractivity (Wildman–Crippen MR) is 128 cm³/mol. The van der Waals surface area contributed by atoms with Gasteiger partial charge >= 0.3 is 0 Å². The second-order valence-electron chi connectivity index (χ2n) is 6.84. The molecule has 11 heteroatoms. The fourth-order valence-electron chi connectivity index (χ4n) is 3.03. The second kappa shape index (κ2) is 8.45. The Kier molecular flexibility index (Phi) is 6.03. The summed E-state index contributed by atoms with van der Waals surface area (Å²) in [5.74, 6) is -0.253. The highest BCUT2D eigenvalue weighted by molar-refractivity contribution is 8.20. The van der Waals surface area contributed by atoms with E-state index in [-0.39, 0.29) is 16.0 Å². The molecule has 0 bridgehead atoms. The highest BCUT2D eigenvalue weighted by atomic mass is 32.2. The molecule has 0 atom stereocenters. The first-order chi connectivity index (χ1) is 14.7. The summed E-state index contributed by atoms with van der Waals surface area (Å²) in [6, 6.07) is 6.51. The van der Waals surface area contributed by atoms with Crippen LogP contribution in [-0.2, 0) is 14.8 Å². The Balaban J connectivity index is 1.77. The molecule has 0 radical (unpaired) electrons. The summed E-state index contributed by atoms with van der Waals surface area (Å²) in [5.41, 5.74) is 1.95. The lowest BCUT2D eigenvalue weighted by Crippen LogP contribution is -2.30. The minimum atomic E-state index is -3.94. The lowest BCUT2D eigenvalue weighted by molar-refractivity contribution is -0.122. The van der Waals surface area contributed by atoms with E-state index in [0.717, 1.165) is 38.1 Å². The second-order valence-corrected chi connectivity index (χ2v) is 11.5. The van der Waals surface area contributed by atoms with Gasteiger partial charge in [-0.1, -0.05) is 29.5 Å². The topological polar surface area (TPSA) is 82.9 Å². The minimum absolute atomic E-state index is 0.101. The maximum Gasteiger partial charge on any atom is 0.284 e. The van der Waals surface area contributed by atoms with Crippen LogP contribution in [0.15, 0.2) is 65.7 Å². The van der Waals surface area contributed by atoms with Gasteiger partial charge in [0.1, 0.15) is 9.93 Å². The Labute approximate surface area is 194 Å². The number of carbonyl (C=O) groups excluding carboxylic acids is 1. The molecule has 0 spiro atoms. The number of thioether (sulfide) groups is 2. The van der Waals surface area contributed by atoms with Crippen LogP contribution in [0.4, 0.5) is 5.13 Å². The molecule has 31 heavy (non-hydrogen) atoms. The zero-order valence-corrected chi connectivity index (χ0v) is 20.6. The normalized spacial score (nSPS) is 21.2. The third-order valence-electron chi connectivity index (χ3n) is 4.80. The van der Waals surface area contributed by atoms with Gasteiger partial charge in [-0.25, -0.2) is 4.98 Å². The maximum atomic E-state index is 13.2. The number of hydrogen-bond donors (Lipinski definition) is 0. The highest BCUT2D eigenvalue weighted by Crippen LogP contribution is 2.49. The van der Waals surface area contributed by atoms with Crippen molar-refractivity contribution in [3.8, 4) is 0 Å². The summed E-state index contributed by atoms with van der Waals surface area (Å²) in [4.78, 5) is 22.6. The summed E-state index contributed by atoms with van der Waals surface area (Å²) in [5, 5.41) is 3.54. The molecular weight excluding hydrogens is 473 g/mol. The van der Waals surface area contributed by atoms with Gasteiger partial charge in [0.05, 0.1) is 4.90 Å². The molecule has 1 fully saturated rings. The van der Waals surface area contributed by atoms with Gasteiger partial charge in [-0.05, 0) is 51.6 Å². The minimum Gasteiger partial charge on any atom is -0.286 e. The van der Waals surface area contributed by atoms with E-state index in [2.05, 4.69) is 9.38 Å². The van der Waals surface area contributed by atoms with Crippen molar-refractivity contribution in [1.29, 1.82) is 0 Å². The van der Waals surface area contributed by atoms with Crippen LogP contribution < -0.4 is 4.90 Å². The molecule has 1 aromatic heterocycles. The van der Waals surface area contributed by atoms with Crippen LogP contribution in [0.1, 0.15) is 26.3 Å². The van der Waals surface area contributed by atoms with Crippen molar-refractivity contribution in [2.24, 2.45) is 4.40 Å². The molecule has 1 saturated heterocycles. The van der Waals surface area contributed by atoms with Crippen molar-refractivity contribution in [2.45, 2.75) is 32.6 Å². The summed E-state index contributed by atoms with van der Waals surface area (Å²) < 4.78 is 29.8. The zero-order valence-electron chi connectivity index (χ0n) is 17.3. The number of sulfonamides is 1. The molecule has 0 saturated carbocycles. The molecule has 2 aliphatic rings. The molecule has 0 aliphatic carbocycles. The first-order valence-electron chi connectivity index (χ1n) is 9.43. The number of likely N-dealkylation sites (N-methyl/N-ethyl adjacent to an activating group) is 1. The number of rotatable bonds is 4. The Hall–Kier alpha value is -2.08. The molecule has 3 heterocycles. The summed E-state index contributed by atoms with van der Waals surface area (Å²) in [6.07, 6.45) is 1.72. The monoisotopic (exact) mass is 492 g/mol. The molecule has 162 valence electrons. The largest absolute Gasteiger partial charge is 0.286 e. The van der Waals surface area contributed by atoms with Crippen molar-refractivity contribution in [2.75, 3.05) is 11.4 Å². The van der Waals surface area contributed by atoms with E-state index < -0.39 is 10.0 Å². The summed E-state index contributed by atoms with van der Waals surface area (Å²) in [7, 11) is -3.94. The number of carbonyl (C=O) groups is 1. The van der Waals surface area contributed by atoms with Crippen molar-refractivity contribution < 1.29 is 13.2 Å². The van der Waals surface area contributed by atoms with Crippen LogP contribution in [0.3, 0.4) is 0 Å². The number of anilines is 1. The third-order valence-corrected chi connectivity index (χ3v) is 9.33. The standard InChI is InChI=1S/C20H20N4O3S4/c1-5-23-17(25)16(18-24(13(3)14(4)29-18)19-21-10-11-28-19)30-20(23)22-31(26,27)15-8-6-12(2)7-9-15/h6-11H,5H2,1-4H3. The number of nitrogens with zero attached hydrogens (tertiary/aromatic N) is 4. The van der Waals surface area contributed by atoms with Crippen LogP contribution in [0.25, 0.3) is 0 Å². The molecule has 4 rings (SSSR count). The highest BCUT2D eigenvalue weighted by Gasteiger charge is 2.40. The molecular formula is C20H20N4O3S4. The Morgan fingerprint density at radius 1 is 1.10 bits per heavy atom. The molecule has 2 aliphatic heterocycles. The van der Waals surface area contributed by atoms with E-state index in [0.29, 0.717) is 11.4 Å². The summed E-state index contributed by atoms with van der Waals surface area (Å²) in [6.45, 7) is 7.98. The SMILES string of the molecule is CCN1C(=O)C(=C2SC(C)=C(C)N2c2nccs2)SC1=NS(=O)(=O)c1ccc(C)cc1. The summed E-state index contributed by atoms with van der Waals surface area (Å²) >= 11 is 4.06. The van der Waals surface area contributed by atoms with Crippen LogP contribution in [0.2, 0.25) is 0 Å². The smallest absolute Gasteiger partial charge is 0.284 e. The van der Waals surface area contributed by atoms with E-state index in [1.54, 1.807) is 25.3 Å². The van der Waals surface area contributed by atoms with Gasteiger partial charge < -0.3 is 0 Å². The lowest BCUT2D eigenvalue weighted by atomic mass is 10.2. The van der Waals surface area contributed by atoms with E-state index in [9.17, 15) is 13.2 Å². The van der Waals surface area contributed by atoms with Crippen LogP contribution in [0, 0.1) is 6.92 Å². The van der Waals surface area contributed by atoms with Crippen molar-refractivity contribution in [1.82, 2.24) is 9.88 Å². The number of amidine groups is 1. The molecule has 0 N–H and O–H groups in total. The van der Waals surface area contributed by atoms with Gasteiger partial charge in [0.15, 0.2) is 10.3 Å². The zero-order chi connectivity index (χ0) is 22.3. The number of aromatic nitrogens is 1. The van der Waals surface area contributed by atoms with Crippen molar-refractivity contribution in [3.63, 3.8) is 0 Å². The van der Waals surface area contributed by atoms with Gasteiger partial charge in [0, 0.05) is 28.7 Å². The van der Waals surface area contributed by atoms with E-state index in [1.807, 2.05) is 31.1 Å². The molecule has 0 unspecified atom stereocenters. The average Bonchev–Trinajstić information content (AvgIpc) is 3.41. The molecule has 7 nitrogen and oxygen atoms in total. The predicted octanol–water partition coefficient (Wildman–Crippen LogP) is 4.77. The van der Waals surface area contributed by atoms with Gasteiger partial charge in [0.25, 0.3) is 15.9 Å². The number of aryl methyl sites for hydroxylation is 1. The average molecular weight is 493 g/mol. The molecule has 1 amide bonds. The van der Waals surface area contributed by atoms with E-state index >= 15 is 0 Å².